The van der Waals surface area contributed by atoms with E-state index in [0.717, 1.165) is 11.4 Å². The van der Waals surface area contributed by atoms with Crippen molar-refractivity contribution < 1.29 is 5.11 Å². The van der Waals surface area contributed by atoms with Crippen LogP contribution in [0.4, 0.5) is 0 Å². The van der Waals surface area contributed by atoms with Gasteiger partial charge in [-0.2, -0.15) is 0 Å². The van der Waals surface area contributed by atoms with E-state index >= 15 is 0 Å². The number of H-pyrrole nitrogens is 1. The molecule has 0 spiro atoms. The minimum absolute atomic E-state index is 0.101. The van der Waals surface area contributed by atoms with Crippen molar-refractivity contribution in [3.63, 3.8) is 0 Å². The molecule has 0 saturated carbocycles. The molecule has 0 bridgehead atoms. The number of hydrogen-bond acceptors (Lipinski definition) is 3. The predicted octanol–water partition coefficient (Wildman–Crippen LogP) is 1.10. The highest BCUT2D eigenvalue weighted by Gasteiger charge is 1.99. The normalized spacial score (nSPS) is 10.2. The Balaban J connectivity index is 2.15. The van der Waals surface area contributed by atoms with Gasteiger partial charge in [-0.3, -0.25) is 4.98 Å². The van der Waals surface area contributed by atoms with Crippen molar-refractivity contribution in [1.29, 1.82) is 0 Å². The fourth-order valence-electron chi connectivity index (χ4n) is 1.14. The third-order valence-corrected chi connectivity index (χ3v) is 1.74. The number of aromatic nitrogens is 3. The first-order valence-electron chi connectivity index (χ1n) is 3.96. The van der Waals surface area contributed by atoms with Gasteiger partial charge in [0.05, 0.1) is 6.20 Å². The fraction of sp³-hybridized carbons (Fsp3) is 0.111. The van der Waals surface area contributed by atoms with Crippen LogP contribution in [0.3, 0.4) is 0 Å². The highest BCUT2D eigenvalue weighted by molar-refractivity contribution is 5.17. The molecular weight excluding hydrogens is 166 g/mol. The van der Waals surface area contributed by atoms with Gasteiger partial charge in [-0.15, -0.1) is 0 Å². The van der Waals surface area contributed by atoms with Crippen LogP contribution in [0.5, 0.6) is 5.88 Å². The van der Waals surface area contributed by atoms with Gasteiger partial charge < -0.3 is 10.1 Å². The number of aromatic hydroxyl groups is 1. The van der Waals surface area contributed by atoms with E-state index in [1.807, 2.05) is 12.1 Å². The van der Waals surface area contributed by atoms with Gasteiger partial charge >= 0.3 is 0 Å². The van der Waals surface area contributed by atoms with E-state index < -0.39 is 0 Å². The summed E-state index contributed by atoms with van der Waals surface area (Å²) in [6.45, 7) is 0. The molecule has 0 amide bonds. The molecule has 0 saturated heterocycles. The van der Waals surface area contributed by atoms with Crippen molar-refractivity contribution in [2.75, 3.05) is 0 Å². The average molecular weight is 175 g/mol. The zero-order chi connectivity index (χ0) is 9.10. The molecule has 0 aliphatic heterocycles. The van der Waals surface area contributed by atoms with Gasteiger partial charge in [-0.05, 0) is 17.7 Å². The standard InChI is InChI=1S/C9H9N3O/c13-9-6-11-8(12-9)5-7-1-3-10-4-2-7/h1-4,6,13H,5H2,(H,11,12). The average Bonchev–Trinajstić information content (AvgIpc) is 2.53. The maximum atomic E-state index is 9.00. The molecule has 2 rings (SSSR count). The monoisotopic (exact) mass is 175 g/mol. The van der Waals surface area contributed by atoms with Gasteiger partial charge in [0, 0.05) is 18.8 Å². The number of hydrogen-bond donors (Lipinski definition) is 2. The van der Waals surface area contributed by atoms with Crippen LogP contribution in [-0.4, -0.2) is 20.1 Å². The lowest BCUT2D eigenvalue weighted by Gasteiger charge is -1.95. The molecule has 0 fully saturated rings. The molecule has 0 aromatic carbocycles. The Morgan fingerprint density at radius 2 is 2.08 bits per heavy atom. The van der Waals surface area contributed by atoms with E-state index in [2.05, 4.69) is 15.0 Å². The quantitative estimate of drug-likeness (QED) is 0.718. The largest absolute Gasteiger partial charge is 0.493 e. The predicted molar refractivity (Wildman–Crippen MR) is 47.3 cm³/mol. The summed E-state index contributed by atoms with van der Waals surface area (Å²) in [5.41, 5.74) is 1.12. The summed E-state index contributed by atoms with van der Waals surface area (Å²) in [5, 5.41) is 9.00. The summed E-state index contributed by atoms with van der Waals surface area (Å²) < 4.78 is 0. The Labute approximate surface area is 75.3 Å². The molecule has 2 aromatic rings. The van der Waals surface area contributed by atoms with E-state index in [1.54, 1.807) is 12.4 Å². The first-order valence-corrected chi connectivity index (χ1v) is 3.96. The third kappa shape index (κ3) is 1.84. The first kappa shape index (κ1) is 7.79. The Morgan fingerprint density at radius 1 is 1.31 bits per heavy atom. The highest BCUT2D eigenvalue weighted by atomic mass is 16.3. The lowest BCUT2D eigenvalue weighted by Crippen LogP contribution is -1.90. The molecule has 13 heavy (non-hydrogen) atoms. The second-order valence-electron chi connectivity index (χ2n) is 2.75. The van der Waals surface area contributed by atoms with E-state index in [1.165, 1.54) is 6.20 Å². The maximum absolute atomic E-state index is 9.00. The third-order valence-electron chi connectivity index (χ3n) is 1.74. The maximum Gasteiger partial charge on any atom is 0.208 e. The van der Waals surface area contributed by atoms with Gasteiger partial charge in [0.15, 0.2) is 0 Å². The lowest BCUT2D eigenvalue weighted by atomic mass is 10.2. The van der Waals surface area contributed by atoms with Crippen LogP contribution in [0.15, 0.2) is 30.7 Å². The molecule has 0 aliphatic carbocycles. The molecule has 66 valence electrons. The summed E-state index contributed by atoms with van der Waals surface area (Å²) in [4.78, 5) is 10.6. The zero-order valence-corrected chi connectivity index (χ0v) is 6.94. The summed E-state index contributed by atoms with van der Waals surface area (Å²) in [5.74, 6) is 0.854. The van der Waals surface area contributed by atoms with Gasteiger partial charge in [0.2, 0.25) is 5.88 Å². The Bertz CT molecular complexity index is 383. The first-order chi connectivity index (χ1) is 6.34. The van der Waals surface area contributed by atoms with E-state index in [0.29, 0.717) is 6.42 Å². The number of nitrogens with one attached hydrogen (secondary N) is 1. The number of aromatic amines is 1. The summed E-state index contributed by atoms with van der Waals surface area (Å²) >= 11 is 0. The lowest BCUT2D eigenvalue weighted by molar-refractivity contribution is 0.455. The van der Waals surface area contributed by atoms with E-state index in [4.69, 9.17) is 5.11 Å². The molecule has 0 aliphatic rings. The minimum atomic E-state index is 0.101. The summed E-state index contributed by atoms with van der Waals surface area (Å²) in [7, 11) is 0. The molecular formula is C9H9N3O. The van der Waals surface area contributed by atoms with Crippen LogP contribution in [-0.2, 0) is 6.42 Å². The number of rotatable bonds is 2. The van der Waals surface area contributed by atoms with Crippen LogP contribution >= 0.6 is 0 Å². The van der Waals surface area contributed by atoms with Crippen LogP contribution in [0.2, 0.25) is 0 Å². The van der Waals surface area contributed by atoms with Crippen LogP contribution in [0, 0.1) is 0 Å². The van der Waals surface area contributed by atoms with Gasteiger partial charge in [-0.1, -0.05) is 0 Å². The molecule has 2 N–H and O–H groups in total. The smallest absolute Gasteiger partial charge is 0.208 e. The van der Waals surface area contributed by atoms with Crippen molar-refractivity contribution in [1.82, 2.24) is 15.0 Å². The molecule has 4 heteroatoms. The van der Waals surface area contributed by atoms with Gasteiger partial charge in [0.1, 0.15) is 5.82 Å². The van der Waals surface area contributed by atoms with Crippen molar-refractivity contribution in [3.8, 4) is 5.88 Å². The van der Waals surface area contributed by atoms with Crippen LogP contribution < -0.4 is 0 Å². The summed E-state index contributed by atoms with van der Waals surface area (Å²) in [6.07, 6.45) is 5.55. The Kier molecular flexibility index (Phi) is 1.96. The second kappa shape index (κ2) is 3.26. The van der Waals surface area contributed by atoms with E-state index in [-0.39, 0.29) is 5.88 Å². The Hall–Kier alpha value is -1.84. The van der Waals surface area contributed by atoms with Gasteiger partial charge in [-0.25, -0.2) is 4.98 Å². The van der Waals surface area contributed by atoms with Crippen LogP contribution in [0.25, 0.3) is 0 Å². The molecule has 0 unspecified atom stereocenters. The molecule has 2 heterocycles. The second-order valence-corrected chi connectivity index (χ2v) is 2.75. The van der Waals surface area contributed by atoms with Crippen molar-refractivity contribution in [2.24, 2.45) is 0 Å². The van der Waals surface area contributed by atoms with Crippen LogP contribution in [0.1, 0.15) is 11.4 Å². The van der Waals surface area contributed by atoms with Crippen molar-refractivity contribution >= 4 is 0 Å². The number of imidazole rings is 1. The Morgan fingerprint density at radius 3 is 2.69 bits per heavy atom. The van der Waals surface area contributed by atoms with Gasteiger partial charge in [0.25, 0.3) is 0 Å². The SMILES string of the molecule is Oc1cnc(Cc2ccncc2)[nH]1. The minimum Gasteiger partial charge on any atom is -0.493 e. The van der Waals surface area contributed by atoms with E-state index in [9.17, 15) is 0 Å². The zero-order valence-electron chi connectivity index (χ0n) is 6.94. The van der Waals surface area contributed by atoms with Crippen molar-refractivity contribution in [3.05, 3.63) is 42.1 Å². The molecule has 2 aromatic heterocycles. The van der Waals surface area contributed by atoms with Crippen molar-refractivity contribution in [2.45, 2.75) is 6.42 Å². The number of nitrogens with zero attached hydrogens (tertiary/aromatic N) is 2. The fourth-order valence-corrected chi connectivity index (χ4v) is 1.14. The highest BCUT2D eigenvalue weighted by Crippen LogP contribution is 2.08. The molecule has 0 atom stereocenters. The summed E-state index contributed by atoms with van der Waals surface area (Å²) in [6, 6.07) is 3.83. The molecule has 4 nitrogen and oxygen atoms in total. The topological polar surface area (TPSA) is 61.8 Å². The number of pyridine rings is 1. The molecule has 0 radical (unpaired) electrons.